The molecule has 0 aliphatic heterocycles. The molecule has 2 amide bonds. The number of nitrogens with one attached hydrogen (secondary N) is 1. The largest absolute Gasteiger partial charge is 0.445 e. The summed E-state index contributed by atoms with van der Waals surface area (Å²) in [6, 6.07) is 8.62. The highest BCUT2D eigenvalue weighted by molar-refractivity contribution is 6.67. The molecule has 0 aliphatic carbocycles. The molecule has 0 fully saturated rings. The van der Waals surface area contributed by atoms with Gasteiger partial charge in [0, 0.05) is 0 Å². The van der Waals surface area contributed by atoms with Gasteiger partial charge in [-0.25, -0.2) is 10.1 Å². The van der Waals surface area contributed by atoms with Crippen LogP contribution in [0.5, 0.6) is 0 Å². The SMILES string of the molecule is O=C(CNC(=O)OCC(Cl)(Cl)Cl)[N]c1ccccc1. The van der Waals surface area contributed by atoms with Crippen molar-refractivity contribution >= 4 is 52.5 Å². The normalized spacial score (nSPS) is 10.7. The molecule has 5 nitrogen and oxygen atoms in total. The molecule has 8 heteroatoms. The smallest absolute Gasteiger partial charge is 0.407 e. The van der Waals surface area contributed by atoms with Crippen LogP contribution in [-0.2, 0) is 9.53 Å². The Morgan fingerprint density at radius 2 is 1.84 bits per heavy atom. The average Bonchev–Trinajstić information content (AvgIpc) is 2.34. The molecule has 1 radical (unpaired) electrons. The molecule has 0 saturated heterocycles. The number of nitrogens with zero attached hydrogens (tertiary/aromatic N) is 1. The summed E-state index contributed by atoms with van der Waals surface area (Å²) < 4.78 is 2.88. The van der Waals surface area contributed by atoms with Crippen molar-refractivity contribution in [1.29, 1.82) is 0 Å². The standard InChI is InChI=1S/C11H10Cl3N2O3/c12-11(13,14)7-19-10(18)15-6-9(17)16-8-4-2-1-3-5-8/h1-5H,6-7H2,(H,15,18). The molecule has 0 unspecified atom stereocenters. The van der Waals surface area contributed by atoms with E-state index >= 15 is 0 Å². The van der Waals surface area contributed by atoms with Gasteiger partial charge in [-0.1, -0.05) is 53.0 Å². The number of halogens is 3. The molecular weight excluding hydrogens is 314 g/mol. The first-order valence-electron chi connectivity index (χ1n) is 5.14. The summed E-state index contributed by atoms with van der Waals surface area (Å²) >= 11 is 16.2. The van der Waals surface area contributed by atoms with E-state index in [2.05, 4.69) is 15.4 Å². The second-order valence-corrected chi connectivity index (χ2v) is 5.90. The Hall–Kier alpha value is -1.17. The van der Waals surface area contributed by atoms with Gasteiger partial charge in [-0.05, 0) is 12.1 Å². The van der Waals surface area contributed by atoms with Crippen molar-refractivity contribution in [2.75, 3.05) is 13.2 Å². The van der Waals surface area contributed by atoms with Crippen LogP contribution < -0.4 is 10.6 Å². The molecule has 0 spiro atoms. The van der Waals surface area contributed by atoms with Crippen LogP contribution in [0.15, 0.2) is 30.3 Å². The van der Waals surface area contributed by atoms with E-state index in [1.54, 1.807) is 30.3 Å². The van der Waals surface area contributed by atoms with Gasteiger partial charge in [0.2, 0.25) is 3.79 Å². The summed E-state index contributed by atoms with van der Waals surface area (Å²) in [6.07, 6.45) is -0.858. The van der Waals surface area contributed by atoms with Crippen molar-refractivity contribution in [2.24, 2.45) is 0 Å². The van der Waals surface area contributed by atoms with Crippen LogP contribution in [0.1, 0.15) is 0 Å². The third-order valence-corrected chi connectivity index (χ3v) is 2.09. The first kappa shape index (κ1) is 15.9. The predicted octanol–water partition coefficient (Wildman–Crippen LogP) is 2.55. The molecule has 1 N–H and O–H groups in total. The summed E-state index contributed by atoms with van der Waals surface area (Å²) in [4.78, 5) is 22.5. The summed E-state index contributed by atoms with van der Waals surface area (Å²) in [6.45, 7) is -0.707. The second-order valence-electron chi connectivity index (χ2n) is 3.39. The lowest BCUT2D eigenvalue weighted by Gasteiger charge is -2.11. The van der Waals surface area contributed by atoms with Crippen LogP contribution in [0.4, 0.5) is 10.5 Å². The molecule has 1 aromatic rings. The van der Waals surface area contributed by atoms with Crippen molar-refractivity contribution in [3.63, 3.8) is 0 Å². The number of amides is 2. The van der Waals surface area contributed by atoms with Gasteiger partial charge in [0.15, 0.2) is 0 Å². The number of carbonyl (C=O) groups is 2. The number of para-hydroxylation sites is 1. The molecule has 0 bridgehead atoms. The van der Waals surface area contributed by atoms with Crippen LogP contribution in [0, 0.1) is 0 Å². The number of ether oxygens (including phenoxy) is 1. The number of hydrogen-bond donors (Lipinski definition) is 1. The monoisotopic (exact) mass is 323 g/mol. The highest BCUT2D eigenvalue weighted by Crippen LogP contribution is 2.25. The lowest BCUT2D eigenvalue weighted by atomic mass is 10.3. The lowest BCUT2D eigenvalue weighted by molar-refractivity contribution is -0.119. The van der Waals surface area contributed by atoms with Gasteiger partial charge >= 0.3 is 6.09 Å². The molecule has 1 aromatic carbocycles. The maximum atomic E-state index is 11.4. The number of rotatable bonds is 4. The van der Waals surface area contributed by atoms with E-state index in [4.69, 9.17) is 34.8 Å². The van der Waals surface area contributed by atoms with Crippen molar-refractivity contribution in [3.05, 3.63) is 30.3 Å². The van der Waals surface area contributed by atoms with Gasteiger partial charge < -0.3 is 10.1 Å². The quantitative estimate of drug-likeness (QED) is 0.865. The van der Waals surface area contributed by atoms with Gasteiger partial charge in [0.05, 0.1) is 5.69 Å². The Labute approximate surface area is 125 Å². The second kappa shape index (κ2) is 7.43. The molecule has 0 atom stereocenters. The summed E-state index contributed by atoms with van der Waals surface area (Å²) in [7, 11) is 0. The number of alkyl carbamates (subject to hydrolysis) is 1. The van der Waals surface area contributed by atoms with E-state index in [9.17, 15) is 9.59 Å². The van der Waals surface area contributed by atoms with Crippen LogP contribution in [0.3, 0.4) is 0 Å². The molecule has 0 saturated carbocycles. The number of benzene rings is 1. The van der Waals surface area contributed by atoms with Gasteiger partial charge in [-0.3, -0.25) is 4.79 Å². The molecular formula is C11H10Cl3N2O3. The number of carbonyl (C=O) groups excluding carboxylic acids is 2. The highest BCUT2D eigenvalue weighted by atomic mass is 35.6. The Morgan fingerprint density at radius 3 is 2.42 bits per heavy atom. The Bertz CT molecular complexity index is 435. The van der Waals surface area contributed by atoms with Gasteiger partial charge in [0.25, 0.3) is 5.91 Å². The van der Waals surface area contributed by atoms with Crippen molar-refractivity contribution < 1.29 is 14.3 Å². The third-order valence-electron chi connectivity index (χ3n) is 1.76. The first-order valence-corrected chi connectivity index (χ1v) is 6.27. The van der Waals surface area contributed by atoms with Crippen molar-refractivity contribution in [2.45, 2.75) is 3.79 Å². The van der Waals surface area contributed by atoms with E-state index in [0.717, 1.165) is 0 Å². The van der Waals surface area contributed by atoms with Gasteiger partial charge in [0.1, 0.15) is 13.2 Å². The minimum absolute atomic E-state index is 0.298. The van der Waals surface area contributed by atoms with E-state index in [1.165, 1.54) is 0 Å². The summed E-state index contributed by atoms with van der Waals surface area (Å²) in [5.74, 6) is -0.517. The van der Waals surface area contributed by atoms with Crippen molar-refractivity contribution in [3.8, 4) is 0 Å². The maximum absolute atomic E-state index is 11.4. The fourth-order valence-electron chi connectivity index (χ4n) is 1.03. The van der Waals surface area contributed by atoms with E-state index in [0.29, 0.717) is 5.69 Å². The van der Waals surface area contributed by atoms with E-state index in [1.807, 2.05) is 0 Å². The topological polar surface area (TPSA) is 69.5 Å². The zero-order valence-electron chi connectivity index (χ0n) is 9.61. The lowest BCUT2D eigenvalue weighted by Crippen LogP contribution is -2.34. The average molecular weight is 325 g/mol. The number of alkyl halides is 3. The Morgan fingerprint density at radius 1 is 1.21 bits per heavy atom. The van der Waals surface area contributed by atoms with E-state index < -0.39 is 22.4 Å². The molecule has 19 heavy (non-hydrogen) atoms. The molecule has 0 aromatic heterocycles. The van der Waals surface area contributed by atoms with Crippen LogP contribution in [0.25, 0.3) is 0 Å². The first-order chi connectivity index (χ1) is 8.87. The molecule has 0 heterocycles. The summed E-state index contributed by atoms with van der Waals surface area (Å²) in [5, 5.41) is 5.95. The highest BCUT2D eigenvalue weighted by Gasteiger charge is 2.22. The Balaban J connectivity index is 2.25. The molecule has 1 rings (SSSR count). The number of hydrogen-bond acceptors (Lipinski definition) is 3. The minimum Gasteiger partial charge on any atom is -0.445 e. The molecule has 103 valence electrons. The van der Waals surface area contributed by atoms with E-state index in [-0.39, 0.29) is 6.54 Å². The van der Waals surface area contributed by atoms with Crippen molar-refractivity contribution in [1.82, 2.24) is 10.6 Å². The Kier molecular flexibility index (Phi) is 6.21. The van der Waals surface area contributed by atoms with Gasteiger partial charge in [-0.15, -0.1) is 0 Å². The predicted molar refractivity (Wildman–Crippen MR) is 72.9 cm³/mol. The van der Waals surface area contributed by atoms with Crippen LogP contribution in [0.2, 0.25) is 0 Å². The van der Waals surface area contributed by atoms with Crippen LogP contribution in [-0.4, -0.2) is 28.9 Å². The zero-order valence-corrected chi connectivity index (χ0v) is 11.9. The summed E-state index contributed by atoms with van der Waals surface area (Å²) in [5.41, 5.74) is 0.504. The maximum Gasteiger partial charge on any atom is 0.407 e. The molecule has 0 aliphatic rings. The fourth-order valence-corrected chi connectivity index (χ4v) is 1.20. The van der Waals surface area contributed by atoms with Gasteiger partial charge in [-0.2, -0.15) is 0 Å². The fraction of sp³-hybridized carbons (Fsp3) is 0.273. The van der Waals surface area contributed by atoms with Crippen LogP contribution >= 0.6 is 34.8 Å². The zero-order chi connectivity index (χ0) is 14.3. The third kappa shape index (κ3) is 7.77. The minimum atomic E-state index is -1.68.